The van der Waals surface area contributed by atoms with E-state index in [-0.39, 0.29) is 33.2 Å². The standard InChI is InChI=1S/C28H27ClF3N3O4S/c1-3-25-23(13-18-5-8-20(29)15-22(18)28(30,31)32)33-26-14-19(11-12-35(25)26)27(37)34-24(16-36)17-6-9-21(10-7-17)40(38,39)4-2/h5-12,14-15,24,36H,3-4,13,16H2,1-2H3,(H,34,37)/t24-/m0/s1. The monoisotopic (exact) mass is 593 g/mol. The number of halogens is 4. The van der Waals surface area contributed by atoms with Gasteiger partial charge in [-0.3, -0.25) is 4.79 Å². The van der Waals surface area contributed by atoms with E-state index in [9.17, 15) is 31.5 Å². The number of alkyl halides is 3. The Morgan fingerprint density at radius 2 is 1.80 bits per heavy atom. The number of hydrogen-bond donors (Lipinski definition) is 2. The summed E-state index contributed by atoms with van der Waals surface area (Å²) in [6.45, 7) is 2.98. The predicted octanol–water partition coefficient (Wildman–Crippen LogP) is 5.42. The number of carbonyl (C=O) groups excluding carboxylic acids is 1. The second-order valence-corrected chi connectivity index (χ2v) is 11.9. The average Bonchev–Trinajstić information content (AvgIpc) is 3.28. The quantitative estimate of drug-likeness (QED) is 0.270. The topological polar surface area (TPSA) is 101 Å². The molecule has 2 N–H and O–H groups in total. The maximum Gasteiger partial charge on any atom is 0.416 e. The normalized spacial score (nSPS) is 13.0. The fourth-order valence-electron chi connectivity index (χ4n) is 4.50. The van der Waals surface area contributed by atoms with Gasteiger partial charge in [-0.1, -0.05) is 43.6 Å². The predicted molar refractivity (Wildman–Crippen MR) is 145 cm³/mol. The van der Waals surface area contributed by atoms with Gasteiger partial charge in [-0.2, -0.15) is 13.2 Å². The molecule has 2 aromatic heterocycles. The molecule has 40 heavy (non-hydrogen) atoms. The molecular formula is C28H27ClF3N3O4S. The molecule has 0 unspecified atom stereocenters. The van der Waals surface area contributed by atoms with Gasteiger partial charge in [0.1, 0.15) is 5.65 Å². The number of nitrogens with one attached hydrogen (secondary N) is 1. The number of benzene rings is 2. The Labute approximate surface area is 234 Å². The van der Waals surface area contributed by atoms with Crippen molar-refractivity contribution in [2.45, 2.75) is 43.8 Å². The summed E-state index contributed by atoms with van der Waals surface area (Å²) in [4.78, 5) is 17.7. The summed E-state index contributed by atoms with van der Waals surface area (Å²) in [6, 6.07) is 11.9. The molecule has 2 heterocycles. The van der Waals surface area contributed by atoms with Crippen LogP contribution in [-0.2, 0) is 28.9 Å². The van der Waals surface area contributed by atoms with Crippen LogP contribution in [0.3, 0.4) is 0 Å². The van der Waals surface area contributed by atoms with E-state index >= 15 is 0 Å². The fraction of sp³-hybridized carbons (Fsp3) is 0.286. The highest BCUT2D eigenvalue weighted by atomic mass is 35.5. The van der Waals surface area contributed by atoms with Crippen molar-refractivity contribution in [3.63, 3.8) is 0 Å². The van der Waals surface area contributed by atoms with E-state index in [4.69, 9.17) is 11.6 Å². The Morgan fingerprint density at radius 3 is 2.40 bits per heavy atom. The van der Waals surface area contributed by atoms with Crippen molar-refractivity contribution in [2.24, 2.45) is 0 Å². The van der Waals surface area contributed by atoms with Crippen LogP contribution < -0.4 is 5.32 Å². The van der Waals surface area contributed by atoms with Gasteiger partial charge in [0.05, 0.1) is 34.6 Å². The number of aliphatic hydroxyl groups excluding tert-OH is 1. The summed E-state index contributed by atoms with van der Waals surface area (Å²) < 4.78 is 66.7. The lowest BCUT2D eigenvalue weighted by molar-refractivity contribution is -0.138. The van der Waals surface area contributed by atoms with Crippen molar-refractivity contribution in [3.05, 3.63) is 99.5 Å². The Kier molecular flexibility index (Phi) is 8.57. The summed E-state index contributed by atoms with van der Waals surface area (Å²) in [7, 11) is -3.39. The van der Waals surface area contributed by atoms with E-state index in [0.29, 0.717) is 29.0 Å². The average molecular weight is 594 g/mol. The molecule has 1 atom stereocenters. The molecule has 0 bridgehead atoms. The Hall–Kier alpha value is -3.41. The van der Waals surface area contributed by atoms with Crippen LogP contribution in [0.4, 0.5) is 13.2 Å². The molecule has 0 aliphatic heterocycles. The minimum Gasteiger partial charge on any atom is -0.394 e. The van der Waals surface area contributed by atoms with Crippen LogP contribution in [0.2, 0.25) is 5.02 Å². The zero-order chi connectivity index (χ0) is 29.2. The summed E-state index contributed by atoms with van der Waals surface area (Å²) >= 11 is 5.81. The van der Waals surface area contributed by atoms with Crippen molar-refractivity contribution >= 4 is 33.0 Å². The van der Waals surface area contributed by atoms with Gasteiger partial charge in [-0.25, -0.2) is 13.4 Å². The van der Waals surface area contributed by atoms with E-state index in [1.54, 1.807) is 23.6 Å². The molecule has 0 fully saturated rings. The van der Waals surface area contributed by atoms with Gasteiger partial charge in [0, 0.05) is 28.9 Å². The zero-order valence-electron chi connectivity index (χ0n) is 21.7. The number of amides is 1. The first-order valence-electron chi connectivity index (χ1n) is 12.5. The lowest BCUT2D eigenvalue weighted by Crippen LogP contribution is -2.30. The maximum absolute atomic E-state index is 13.6. The lowest BCUT2D eigenvalue weighted by atomic mass is 10.0. The van der Waals surface area contributed by atoms with E-state index < -0.39 is 40.1 Å². The molecule has 0 saturated carbocycles. The fourth-order valence-corrected chi connectivity index (χ4v) is 5.55. The van der Waals surface area contributed by atoms with E-state index in [1.807, 2.05) is 6.92 Å². The van der Waals surface area contributed by atoms with Gasteiger partial charge in [0.25, 0.3) is 5.91 Å². The van der Waals surface area contributed by atoms with Crippen LogP contribution in [-0.4, -0.2) is 41.2 Å². The van der Waals surface area contributed by atoms with Gasteiger partial charge >= 0.3 is 6.18 Å². The second-order valence-electron chi connectivity index (χ2n) is 9.16. The molecule has 0 aliphatic rings. The molecule has 1 amide bonds. The molecule has 212 valence electrons. The molecule has 0 saturated heterocycles. The summed E-state index contributed by atoms with van der Waals surface area (Å²) in [5.41, 5.74) is 1.51. The van der Waals surface area contributed by atoms with Gasteiger partial charge in [0.15, 0.2) is 9.84 Å². The van der Waals surface area contributed by atoms with Crippen molar-refractivity contribution in [3.8, 4) is 0 Å². The molecule has 4 rings (SSSR count). The van der Waals surface area contributed by atoms with Crippen LogP contribution in [0.5, 0.6) is 0 Å². The highest BCUT2D eigenvalue weighted by Gasteiger charge is 2.34. The number of fused-ring (bicyclic) bond motifs is 1. The second kappa shape index (κ2) is 11.6. The van der Waals surface area contributed by atoms with Crippen molar-refractivity contribution in [1.82, 2.24) is 14.7 Å². The summed E-state index contributed by atoms with van der Waals surface area (Å²) in [5.74, 6) is -0.556. The van der Waals surface area contributed by atoms with Crippen LogP contribution in [0, 0.1) is 0 Å². The third-order valence-corrected chi connectivity index (χ3v) is 8.64. The lowest BCUT2D eigenvalue weighted by Gasteiger charge is -2.17. The van der Waals surface area contributed by atoms with Gasteiger partial charge in [-0.15, -0.1) is 0 Å². The number of nitrogens with zero attached hydrogens (tertiary/aromatic N) is 2. The SMILES string of the molecule is CCc1c(Cc2ccc(Cl)cc2C(F)(F)F)nc2cc(C(=O)N[C@@H](CO)c3ccc(S(=O)(=O)CC)cc3)ccn12. The summed E-state index contributed by atoms with van der Waals surface area (Å²) in [6.07, 6.45) is -2.53. The largest absolute Gasteiger partial charge is 0.416 e. The van der Waals surface area contributed by atoms with Crippen molar-refractivity contribution < 1.29 is 31.5 Å². The Bertz CT molecular complexity index is 1650. The van der Waals surface area contributed by atoms with Crippen LogP contribution in [0.25, 0.3) is 5.65 Å². The zero-order valence-corrected chi connectivity index (χ0v) is 23.2. The first-order chi connectivity index (χ1) is 18.9. The Morgan fingerprint density at radius 1 is 1.10 bits per heavy atom. The molecule has 4 aromatic rings. The molecular weight excluding hydrogens is 567 g/mol. The number of carbonyl (C=O) groups is 1. The van der Waals surface area contributed by atoms with Gasteiger partial charge in [-0.05, 0) is 53.9 Å². The molecule has 0 spiro atoms. The van der Waals surface area contributed by atoms with Crippen molar-refractivity contribution in [1.29, 1.82) is 0 Å². The number of aromatic nitrogens is 2. The van der Waals surface area contributed by atoms with Crippen LogP contribution >= 0.6 is 11.6 Å². The third kappa shape index (κ3) is 6.16. The Balaban J connectivity index is 1.60. The van der Waals surface area contributed by atoms with E-state index in [0.717, 1.165) is 6.07 Å². The number of imidazole rings is 1. The molecule has 12 heteroatoms. The van der Waals surface area contributed by atoms with Gasteiger partial charge < -0.3 is 14.8 Å². The number of pyridine rings is 1. The first-order valence-corrected chi connectivity index (χ1v) is 14.5. The smallest absolute Gasteiger partial charge is 0.394 e. The highest BCUT2D eigenvalue weighted by molar-refractivity contribution is 7.91. The number of rotatable bonds is 9. The number of aryl methyl sites for hydroxylation is 1. The molecule has 0 radical (unpaired) electrons. The highest BCUT2D eigenvalue weighted by Crippen LogP contribution is 2.35. The third-order valence-electron chi connectivity index (χ3n) is 6.65. The minimum atomic E-state index is -4.58. The van der Waals surface area contributed by atoms with Crippen LogP contribution in [0.1, 0.15) is 58.3 Å². The number of aliphatic hydroxyl groups is 1. The number of hydrogen-bond acceptors (Lipinski definition) is 5. The van der Waals surface area contributed by atoms with Crippen molar-refractivity contribution in [2.75, 3.05) is 12.4 Å². The van der Waals surface area contributed by atoms with Gasteiger partial charge in [0.2, 0.25) is 0 Å². The molecule has 7 nitrogen and oxygen atoms in total. The number of sulfone groups is 1. The first kappa shape index (κ1) is 29.6. The van der Waals surface area contributed by atoms with Crippen LogP contribution in [0.15, 0.2) is 65.7 Å². The maximum atomic E-state index is 13.6. The molecule has 0 aliphatic carbocycles. The van der Waals surface area contributed by atoms with E-state index in [1.165, 1.54) is 42.5 Å². The molecule has 2 aromatic carbocycles. The van der Waals surface area contributed by atoms with E-state index in [2.05, 4.69) is 10.3 Å². The summed E-state index contributed by atoms with van der Waals surface area (Å²) in [5, 5.41) is 12.6. The minimum absolute atomic E-state index is 0.0134.